The molecule has 0 spiro atoms. The van der Waals surface area contributed by atoms with Crippen LogP contribution >= 0.6 is 11.6 Å². The molecule has 0 bridgehead atoms. The molecule has 0 aromatic heterocycles. The lowest BCUT2D eigenvalue weighted by Crippen LogP contribution is -2.30. The van der Waals surface area contributed by atoms with Gasteiger partial charge in [0.25, 0.3) is 0 Å². The first-order valence-electron chi connectivity index (χ1n) is 7.05. The summed E-state index contributed by atoms with van der Waals surface area (Å²) in [5, 5.41) is 8.04. The van der Waals surface area contributed by atoms with E-state index in [1.807, 2.05) is 18.2 Å². The Morgan fingerprint density at radius 3 is 2.76 bits per heavy atom. The molecule has 1 heterocycles. The summed E-state index contributed by atoms with van der Waals surface area (Å²) in [6.45, 7) is 3.22. The topological polar surface area (TPSA) is 53.1 Å². The Morgan fingerprint density at radius 1 is 1.29 bits per heavy atom. The molecule has 3 rings (SSSR count). The number of halogens is 1. The SMILES string of the molecule is CC1Cc2ccccc2N(c2ccc(C(=N)N)c(Cl)c2)C1. The van der Waals surface area contributed by atoms with Gasteiger partial charge in [-0.1, -0.05) is 36.7 Å². The van der Waals surface area contributed by atoms with Gasteiger partial charge in [0.2, 0.25) is 0 Å². The molecule has 4 heteroatoms. The molecular formula is C17H18ClN3. The van der Waals surface area contributed by atoms with Crippen molar-refractivity contribution >= 4 is 28.8 Å². The first-order valence-corrected chi connectivity index (χ1v) is 7.43. The predicted molar refractivity (Wildman–Crippen MR) is 88.8 cm³/mol. The number of nitrogens with one attached hydrogen (secondary N) is 1. The van der Waals surface area contributed by atoms with Gasteiger partial charge in [-0.15, -0.1) is 0 Å². The lowest BCUT2D eigenvalue weighted by atomic mass is 9.93. The van der Waals surface area contributed by atoms with Crippen LogP contribution in [0.5, 0.6) is 0 Å². The number of hydrogen-bond acceptors (Lipinski definition) is 2. The molecular weight excluding hydrogens is 282 g/mol. The Morgan fingerprint density at radius 2 is 2.05 bits per heavy atom. The third-order valence-corrected chi connectivity index (χ3v) is 4.21. The molecule has 1 aliphatic rings. The summed E-state index contributed by atoms with van der Waals surface area (Å²) in [4.78, 5) is 2.29. The summed E-state index contributed by atoms with van der Waals surface area (Å²) in [6, 6.07) is 14.2. The highest BCUT2D eigenvalue weighted by atomic mass is 35.5. The molecule has 3 N–H and O–H groups in total. The molecule has 0 fully saturated rings. The van der Waals surface area contributed by atoms with Crippen molar-refractivity contribution in [2.45, 2.75) is 13.3 Å². The molecule has 108 valence electrons. The first kappa shape index (κ1) is 14.0. The maximum atomic E-state index is 7.52. The Hall–Kier alpha value is -2.00. The van der Waals surface area contributed by atoms with Crippen molar-refractivity contribution in [3.05, 3.63) is 58.6 Å². The molecule has 2 aromatic rings. The maximum Gasteiger partial charge on any atom is 0.124 e. The number of anilines is 2. The number of nitrogen functional groups attached to an aromatic ring is 1. The van der Waals surface area contributed by atoms with Gasteiger partial charge in [0.15, 0.2) is 0 Å². The second kappa shape index (κ2) is 5.41. The van der Waals surface area contributed by atoms with E-state index in [9.17, 15) is 0 Å². The van der Waals surface area contributed by atoms with Crippen molar-refractivity contribution in [2.24, 2.45) is 11.7 Å². The van der Waals surface area contributed by atoms with Crippen LogP contribution in [0.15, 0.2) is 42.5 Å². The van der Waals surface area contributed by atoms with Crippen molar-refractivity contribution in [1.82, 2.24) is 0 Å². The van der Waals surface area contributed by atoms with Crippen LogP contribution < -0.4 is 10.6 Å². The van der Waals surface area contributed by atoms with Gasteiger partial charge in [-0.25, -0.2) is 0 Å². The molecule has 21 heavy (non-hydrogen) atoms. The van der Waals surface area contributed by atoms with Crippen LogP contribution in [0, 0.1) is 11.3 Å². The van der Waals surface area contributed by atoms with E-state index in [0.29, 0.717) is 16.5 Å². The van der Waals surface area contributed by atoms with Gasteiger partial charge in [-0.05, 0) is 42.2 Å². The number of benzene rings is 2. The van der Waals surface area contributed by atoms with Crippen LogP contribution in [0.1, 0.15) is 18.1 Å². The van der Waals surface area contributed by atoms with Gasteiger partial charge in [0.05, 0.1) is 5.02 Å². The zero-order chi connectivity index (χ0) is 15.0. The van der Waals surface area contributed by atoms with Crippen LogP contribution in [0.3, 0.4) is 0 Å². The molecule has 1 atom stereocenters. The van der Waals surface area contributed by atoms with Crippen LogP contribution in [0.4, 0.5) is 11.4 Å². The third kappa shape index (κ3) is 2.61. The van der Waals surface area contributed by atoms with Gasteiger partial charge in [-0.3, -0.25) is 5.41 Å². The second-order valence-corrected chi connectivity index (χ2v) is 6.03. The zero-order valence-electron chi connectivity index (χ0n) is 11.9. The summed E-state index contributed by atoms with van der Waals surface area (Å²) >= 11 is 6.26. The van der Waals surface area contributed by atoms with E-state index in [0.717, 1.165) is 18.7 Å². The molecule has 0 saturated heterocycles. The van der Waals surface area contributed by atoms with E-state index in [4.69, 9.17) is 22.7 Å². The van der Waals surface area contributed by atoms with E-state index in [1.165, 1.54) is 11.3 Å². The van der Waals surface area contributed by atoms with Crippen molar-refractivity contribution in [3.63, 3.8) is 0 Å². The first-order chi connectivity index (χ1) is 10.1. The zero-order valence-corrected chi connectivity index (χ0v) is 12.7. The molecule has 0 amide bonds. The fourth-order valence-electron chi connectivity index (χ4n) is 2.93. The minimum Gasteiger partial charge on any atom is -0.384 e. The highest BCUT2D eigenvalue weighted by Gasteiger charge is 2.23. The fourth-order valence-corrected chi connectivity index (χ4v) is 3.21. The van der Waals surface area contributed by atoms with Crippen LogP contribution in [-0.2, 0) is 6.42 Å². The van der Waals surface area contributed by atoms with E-state index in [2.05, 4.69) is 36.1 Å². The van der Waals surface area contributed by atoms with Crippen LogP contribution in [-0.4, -0.2) is 12.4 Å². The number of amidine groups is 1. The number of hydrogen-bond donors (Lipinski definition) is 2. The van der Waals surface area contributed by atoms with E-state index >= 15 is 0 Å². The molecule has 0 saturated carbocycles. The smallest absolute Gasteiger partial charge is 0.124 e. The molecule has 3 nitrogen and oxygen atoms in total. The van der Waals surface area contributed by atoms with E-state index < -0.39 is 0 Å². The second-order valence-electron chi connectivity index (χ2n) is 5.63. The molecule has 2 aromatic carbocycles. The van der Waals surface area contributed by atoms with Gasteiger partial charge in [-0.2, -0.15) is 0 Å². The third-order valence-electron chi connectivity index (χ3n) is 3.90. The Bertz CT molecular complexity index is 696. The van der Waals surface area contributed by atoms with Gasteiger partial charge in [0, 0.05) is 23.5 Å². The highest BCUT2D eigenvalue weighted by molar-refractivity contribution is 6.34. The Labute approximate surface area is 129 Å². The van der Waals surface area contributed by atoms with Gasteiger partial charge >= 0.3 is 0 Å². The van der Waals surface area contributed by atoms with Crippen molar-refractivity contribution in [3.8, 4) is 0 Å². The van der Waals surface area contributed by atoms with Crippen molar-refractivity contribution in [2.75, 3.05) is 11.4 Å². The minimum atomic E-state index is -0.000961. The normalized spacial score (nSPS) is 17.4. The Kier molecular flexibility index (Phi) is 3.60. The van der Waals surface area contributed by atoms with Gasteiger partial charge in [0.1, 0.15) is 5.84 Å². The van der Waals surface area contributed by atoms with Crippen molar-refractivity contribution < 1.29 is 0 Å². The largest absolute Gasteiger partial charge is 0.384 e. The average molecular weight is 300 g/mol. The summed E-state index contributed by atoms with van der Waals surface area (Å²) in [5.74, 6) is 0.588. The number of nitrogens with zero attached hydrogens (tertiary/aromatic N) is 1. The van der Waals surface area contributed by atoms with Crippen LogP contribution in [0.2, 0.25) is 5.02 Å². The predicted octanol–water partition coefficient (Wildman–Crippen LogP) is 3.95. The number of nitrogens with two attached hydrogens (primary N) is 1. The summed E-state index contributed by atoms with van der Waals surface area (Å²) in [6.07, 6.45) is 1.10. The van der Waals surface area contributed by atoms with Crippen molar-refractivity contribution in [1.29, 1.82) is 5.41 Å². The van der Waals surface area contributed by atoms with E-state index in [1.54, 1.807) is 0 Å². The lowest BCUT2D eigenvalue weighted by Gasteiger charge is -2.35. The molecule has 1 aliphatic heterocycles. The number of para-hydroxylation sites is 1. The monoisotopic (exact) mass is 299 g/mol. The standard InChI is InChI=1S/C17H18ClN3/c1-11-8-12-4-2-3-5-16(12)21(10-11)13-6-7-14(17(19)20)15(18)9-13/h2-7,9,11H,8,10H2,1H3,(H3,19,20). The van der Waals surface area contributed by atoms with Gasteiger partial charge < -0.3 is 10.6 Å². The average Bonchev–Trinajstić information content (AvgIpc) is 2.45. The quantitative estimate of drug-likeness (QED) is 0.651. The highest BCUT2D eigenvalue weighted by Crippen LogP contribution is 2.36. The van der Waals surface area contributed by atoms with E-state index in [-0.39, 0.29) is 5.84 Å². The lowest BCUT2D eigenvalue weighted by molar-refractivity contribution is 0.562. The summed E-state index contributed by atoms with van der Waals surface area (Å²) in [7, 11) is 0. The molecule has 1 unspecified atom stereocenters. The molecule has 0 radical (unpaired) electrons. The van der Waals surface area contributed by atoms with Crippen LogP contribution in [0.25, 0.3) is 0 Å². The Balaban J connectivity index is 2.05. The summed E-state index contributed by atoms with van der Waals surface area (Å²) < 4.78 is 0. The number of rotatable bonds is 2. The maximum absolute atomic E-state index is 7.52. The molecule has 0 aliphatic carbocycles. The summed E-state index contributed by atoms with van der Waals surface area (Å²) in [5.41, 5.74) is 9.76. The number of fused-ring (bicyclic) bond motifs is 1. The fraction of sp³-hybridized carbons (Fsp3) is 0.235. The minimum absolute atomic E-state index is 0.000961.